The van der Waals surface area contributed by atoms with Crippen LogP contribution in [-0.2, 0) is 19.1 Å². The van der Waals surface area contributed by atoms with Gasteiger partial charge in [0.2, 0.25) is 5.78 Å². The zero-order valence-corrected chi connectivity index (χ0v) is 17.6. The fraction of sp³-hybridized carbons (Fsp3) is 0.696. The first-order valence-corrected chi connectivity index (χ1v) is 10.6. The molecule has 0 bridgehead atoms. The summed E-state index contributed by atoms with van der Waals surface area (Å²) in [6.45, 7) is 6.70. The number of carbonyl (C=O) groups excluding carboxylic acids is 3. The fourth-order valence-electron chi connectivity index (χ4n) is 6.83. The Labute approximate surface area is 173 Å². The van der Waals surface area contributed by atoms with Crippen LogP contribution in [0, 0.1) is 28.6 Å². The van der Waals surface area contributed by atoms with Crippen LogP contribution in [0.2, 0.25) is 0 Å². The molecule has 0 saturated heterocycles. The van der Waals surface area contributed by atoms with E-state index in [1.165, 1.54) is 13.0 Å². The van der Waals surface area contributed by atoms with Crippen molar-refractivity contribution in [3.63, 3.8) is 0 Å². The Morgan fingerprint density at radius 1 is 1.23 bits per heavy atom. The zero-order valence-electron chi connectivity index (χ0n) is 17.6. The van der Waals surface area contributed by atoms with Crippen LogP contribution in [0.1, 0.15) is 53.4 Å². The van der Waals surface area contributed by atoms with E-state index in [1.54, 1.807) is 6.92 Å². The minimum atomic E-state index is -2.52. The van der Waals surface area contributed by atoms with Crippen LogP contribution in [0.5, 0.6) is 0 Å². The van der Waals surface area contributed by atoms with Crippen molar-refractivity contribution in [1.29, 1.82) is 0 Å². The third-order valence-corrected chi connectivity index (χ3v) is 8.24. The molecule has 4 aliphatic rings. The molecule has 0 heterocycles. The van der Waals surface area contributed by atoms with Gasteiger partial charge in [0.05, 0.1) is 5.41 Å². The number of hydrogen-bond donors (Lipinski definition) is 0. The second-order valence-electron chi connectivity index (χ2n) is 9.84. The molecule has 30 heavy (non-hydrogen) atoms. The first-order valence-electron chi connectivity index (χ1n) is 10.6. The van der Waals surface area contributed by atoms with Crippen LogP contribution in [0.25, 0.3) is 0 Å². The van der Waals surface area contributed by atoms with Crippen LogP contribution in [0.15, 0.2) is 23.6 Å². The van der Waals surface area contributed by atoms with E-state index < -0.39 is 69.5 Å². The molecule has 8 atom stereocenters. The lowest BCUT2D eigenvalue weighted by Gasteiger charge is -2.59. The highest BCUT2D eigenvalue weighted by molar-refractivity contribution is 6.05. The molecule has 4 nitrogen and oxygen atoms in total. The van der Waals surface area contributed by atoms with Crippen molar-refractivity contribution in [3.8, 4) is 0 Å². The largest absolute Gasteiger partial charge is 0.461 e. The molecule has 3 fully saturated rings. The second-order valence-corrected chi connectivity index (χ2v) is 9.84. The molecule has 0 aromatic rings. The number of halogens is 3. The van der Waals surface area contributed by atoms with Crippen LogP contribution in [0.3, 0.4) is 0 Å². The van der Waals surface area contributed by atoms with E-state index in [0.717, 1.165) is 6.08 Å². The molecule has 0 spiro atoms. The average Bonchev–Trinajstić information content (AvgIpc) is 2.92. The summed E-state index contributed by atoms with van der Waals surface area (Å²) in [5.41, 5.74) is -5.74. The number of carbonyl (C=O) groups is 3. The van der Waals surface area contributed by atoms with E-state index in [2.05, 4.69) is 0 Å². The SMILES string of the molecule is CCC(=O)O[C@@H]1[C@@H](C)C[C@H]2[C@@H]3C[C@H](F)C4=C(F)C(=O)C=C[C@]4(C)[C@@]3(F)C(=O)C[C@]12C. The molecular formula is C23H27F3O4. The van der Waals surface area contributed by atoms with Gasteiger partial charge in [-0.05, 0) is 37.7 Å². The van der Waals surface area contributed by atoms with Gasteiger partial charge in [0, 0.05) is 29.7 Å². The van der Waals surface area contributed by atoms with Gasteiger partial charge in [0.15, 0.2) is 17.3 Å². The number of allylic oxidation sites excluding steroid dienone is 4. The number of ether oxygens (including phenoxy) is 1. The monoisotopic (exact) mass is 424 g/mol. The summed E-state index contributed by atoms with van der Waals surface area (Å²) < 4.78 is 52.3. The number of fused-ring (bicyclic) bond motifs is 5. The van der Waals surface area contributed by atoms with Gasteiger partial charge in [-0.2, -0.15) is 0 Å². The van der Waals surface area contributed by atoms with Crippen molar-refractivity contribution >= 4 is 17.5 Å². The standard InChI is InChI=1S/C23H27F3O4/c1-5-17(29)30-20-11(2)8-12-13-9-14(24)18-19(25)15(27)6-7-22(18,4)23(13,26)16(28)10-21(12,20)3/h6-7,11-14,20H,5,8-10H2,1-4H3/t11-,12-,13-,14-,20+,21-,22-,23-/m0/s1. The van der Waals surface area contributed by atoms with E-state index >= 15 is 8.78 Å². The maximum atomic E-state index is 16.8. The first-order chi connectivity index (χ1) is 13.9. The van der Waals surface area contributed by atoms with Crippen LogP contribution in [-0.4, -0.2) is 35.5 Å². The number of rotatable bonds is 2. The van der Waals surface area contributed by atoms with E-state index in [1.807, 2.05) is 13.8 Å². The van der Waals surface area contributed by atoms with Crippen molar-refractivity contribution in [1.82, 2.24) is 0 Å². The Balaban J connectivity index is 1.82. The van der Waals surface area contributed by atoms with Gasteiger partial charge in [-0.1, -0.05) is 26.8 Å². The number of esters is 1. The predicted molar refractivity (Wildman–Crippen MR) is 102 cm³/mol. The van der Waals surface area contributed by atoms with Crippen molar-refractivity contribution in [2.75, 3.05) is 0 Å². The molecule has 3 saturated carbocycles. The molecule has 0 aromatic carbocycles. The minimum Gasteiger partial charge on any atom is -0.461 e. The van der Waals surface area contributed by atoms with E-state index in [-0.39, 0.29) is 25.2 Å². The summed E-state index contributed by atoms with van der Waals surface area (Å²) in [7, 11) is 0. The van der Waals surface area contributed by atoms with Crippen molar-refractivity contribution in [2.45, 2.75) is 71.3 Å². The van der Waals surface area contributed by atoms with Crippen molar-refractivity contribution in [3.05, 3.63) is 23.6 Å². The highest BCUT2D eigenvalue weighted by atomic mass is 19.2. The van der Waals surface area contributed by atoms with Gasteiger partial charge < -0.3 is 4.74 Å². The Morgan fingerprint density at radius 3 is 2.53 bits per heavy atom. The Hall–Kier alpha value is -1.92. The van der Waals surface area contributed by atoms with Crippen LogP contribution >= 0.6 is 0 Å². The number of hydrogen-bond acceptors (Lipinski definition) is 4. The highest BCUT2D eigenvalue weighted by Crippen LogP contribution is 2.68. The summed E-state index contributed by atoms with van der Waals surface area (Å²) in [6, 6.07) is 0. The molecular weight excluding hydrogens is 397 g/mol. The molecule has 164 valence electrons. The van der Waals surface area contributed by atoms with E-state index in [0.29, 0.717) is 6.42 Å². The van der Waals surface area contributed by atoms with Crippen LogP contribution < -0.4 is 0 Å². The van der Waals surface area contributed by atoms with E-state index in [4.69, 9.17) is 4.74 Å². The molecule has 0 N–H and O–H groups in total. The third kappa shape index (κ3) is 2.43. The number of alkyl halides is 2. The third-order valence-electron chi connectivity index (χ3n) is 8.24. The fourth-order valence-corrected chi connectivity index (χ4v) is 6.83. The molecule has 4 rings (SSSR count). The average molecular weight is 424 g/mol. The van der Waals surface area contributed by atoms with Gasteiger partial charge in [-0.25, -0.2) is 13.2 Å². The van der Waals surface area contributed by atoms with Crippen molar-refractivity contribution in [2.24, 2.45) is 28.6 Å². The van der Waals surface area contributed by atoms with Gasteiger partial charge in [0.25, 0.3) is 0 Å². The summed E-state index contributed by atoms with van der Waals surface area (Å²) in [5.74, 6) is -4.94. The smallest absolute Gasteiger partial charge is 0.305 e. The number of ketones is 2. The molecule has 0 aliphatic heterocycles. The minimum absolute atomic E-state index is 0.117. The van der Waals surface area contributed by atoms with Gasteiger partial charge >= 0.3 is 5.97 Å². The van der Waals surface area contributed by atoms with Gasteiger partial charge in [-0.3, -0.25) is 14.4 Å². The lowest BCUT2D eigenvalue weighted by atomic mass is 9.46. The summed E-state index contributed by atoms with van der Waals surface area (Å²) in [6.07, 6.45) is -0.241. The first kappa shape index (κ1) is 21.3. The Bertz CT molecular complexity index is 895. The Kier molecular flexibility index (Phi) is 4.65. The van der Waals surface area contributed by atoms with Gasteiger partial charge in [0.1, 0.15) is 12.3 Å². The summed E-state index contributed by atoms with van der Waals surface area (Å²) in [4.78, 5) is 37.1. The molecule has 0 amide bonds. The maximum absolute atomic E-state index is 16.8. The van der Waals surface area contributed by atoms with E-state index in [9.17, 15) is 18.8 Å². The molecule has 0 aromatic heterocycles. The summed E-state index contributed by atoms with van der Waals surface area (Å²) >= 11 is 0. The predicted octanol–water partition coefficient (Wildman–Crippen LogP) is 4.38. The lowest BCUT2D eigenvalue weighted by molar-refractivity contribution is -0.181. The number of Topliss-reactive ketones (excluding diaryl/α,β-unsaturated/α-hetero) is 1. The Morgan fingerprint density at radius 2 is 1.90 bits per heavy atom. The van der Waals surface area contributed by atoms with Crippen molar-refractivity contribution < 1.29 is 32.3 Å². The van der Waals surface area contributed by atoms with Crippen LogP contribution in [0.4, 0.5) is 13.2 Å². The van der Waals surface area contributed by atoms with Gasteiger partial charge in [-0.15, -0.1) is 0 Å². The maximum Gasteiger partial charge on any atom is 0.305 e. The molecule has 0 unspecified atom stereocenters. The molecule has 0 radical (unpaired) electrons. The molecule has 4 aliphatic carbocycles. The second kappa shape index (κ2) is 6.54. The highest BCUT2D eigenvalue weighted by Gasteiger charge is 2.74. The summed E-state index contributed by atoms with van der Waals surface area (Å²) in [5, 5.41) is 0. The molecule has 7 heteroatoms. The lowest BCUT2D eigenvalue weighted by Crippen LogP contribution is -2.67. The quantitative estimate of drug-likeness (QED) is 0.618. The zero-order chi connectivity index (χ0) is 22.2. The topological polar surface area (TPSA) is 60.4 Å². The normalized spacial score (nSPS) is 47.6.